The van der Waals surface area contributed by atoms with E-state index in [0.29, 0.717) is 22.2 Å². The number of rotatable bonds is 2. The SMILES string of the molecule is Cc1nc2cnc(N)c(C#Cc3cncc(C(=O)Nc4ccnc(C(F)(F)F)c4)c3)c2nc1C. The Morgan fingerprint density at radius 3 is 2.56 bits per heavy atom. The number of fused-ring (bicyclic) bond motifs is 1. The van der Waals surface area contributed by atoms with E-state index >= 15 is 0 Å². The summed E-state index contributed by atoms with van der Waals surface area (Å²) < 4.78 is 38.6. The van der Waals surface area contributed by atoms with Gasteiger partial charge >= 0.3 is 6.18 Å². The fourth-order valence-corrected chi connectivity index (χ4v) is 2.97. The first-order valence-corrected chi connectivity index (χ1v) is 9.83. The molecule has 0 aliphatic heterocycles. The summed E-state index contributed by atoms with van der Waals surface area (Å²) in [7, 11) is 0. The molecule has 4 aromatic heterocycles. The van der Waals surface area contributed by atoms with Gasteiger partial charge in [0.1, 0.15) is 22.5 Å². The maximum absolute atomic E-state index is 12.9. The Bertz CT molecular complexity index is 1490. The van der Waals surface area contributed by atoms with Crippen molar-refractivity contribution in [1.29, 1.82) is 0 Å². The zero-order valence-corrected chi connectivity index (χ0v) is 17.9. The molecule has 4 aromatic rings. The average molecular weight is 463 g/mol. The molecule has 0 aromatic carbocycles. The minimum Gasteiger partial charge on any atom is -0.383 e. The molecule has 0 bridgehead atoms. The highest BCUT2D eigenvalue weighted by Crippen LogP contribution is 2.29. The van der Waals surface area contributed by atoms with Gasteiger partial charge in [0, 0.05) is 29.8 Å². The second-order valence-corrected chi connectivity index (χ2v) is 7.24. The standard InChI is InChI=1S/C23H16F3N7O/c1-12-13(2)32-20-17(21(27)30-11-18(20)31-12)4-3-14-7-15(10-28-9-14)22(34)33-16-5-6-29-19(8-16)23(24,25)26/h5-11H,1-2H3,(H2,27,30)(H,29,33,34). The number of carbonyl (C=O) groups excluding carboxylic acids is 1. The summed E-state index contributed by atoms with van der Waals surface area (Å²) in [6, 6.07) is 3.46. The van der Waals surface area contributed by atoms with E-state index in [-0.39, 0.29) is 17.1 Å². The van der Waals surface area contributed by atoms with Crippen molar-refractivity contribution < 1.29 is 18.0 Å². The summed E-state index contributed by atoms with van der Waals surface area (Å²) in [6.07, 6.45) is 0.571. The topological polar surface area (TPSA) is 120 Å². The fourth-order valence-electron chi connectivity index (χ4n) is 2.97. The first-order valence-electron chi connectivity index (χ1n) is 9.83. The quantitative estimate of drug-likeness (QED) is 0.435. The van der Waals surface area contributed by atoms with Crippen LogP contribution >= 0.6 is 0 Å². The number of nitrogens with zero attached hydrogens (tertiary/aromatic N) is 5. The average Bonchev–Trinajstić information content (AvgIpc) is 2.79. The lowest BCUT2D eigenvalue weighted by atomic mass is 10.1. The molecule has 0 saturated carbocycles. The normalized spacial score (nSPS) is 11.1. The predicted octanol–water partition coefficient (Wildman–Crippen LogP) is 3.68. The molecule has 34 heavy (non-hydrogen) atoms. The van der Waals surface area contributed by atoms with Gasteiger partial charge in [0.25, 0.3) is 5.91 Å². The molecule has 170 valence electrons. The van der Waals surface area contributed by atoms with Crippen molar-refractivity contribution >= 4 is 28.4 Å². The lowest BCUT2D eigenvalue weighted by Gasteiger charge is -2.09. The number of aryl methyl sites for hydroxylation is 2. The van der Waals surface area contributed by atoms with E-state index in [1.54, 1.807) is 0 Å². The van der Waals surface area contributed by atoms with Crippen LogP contribution in [0.15, 0.2) is 43.0 Å². The van der Waals surface area contributed by atoms with Crippen molar-refractivity contribution in [3.8, 4) is 11.8 Å². The van der Waals surface area contributed by atoms with Crippen molar-refractivity contribution in [3.63, 3.8) is 0 Å². The highest BCUT2D eigenvalue weighted by molar-refractivity contribution is 6.04. The third kappa shape index (κ3) is 4.75. The van der Waals surface area contributed by atoms with Gasteiger partial charge in [-0.1, -0.05) is 11.8 Å². The highest BCUT2D eigenvalue weighted by Gasteiger charge is 2.32. The number of aromatic nitrogens is 5. The minimum absolute atomic E-state index is 0.0531. The molecule has 11 heteroatoms. The summed E-state index contributed by atoms with van der Waals surface area (Å²) in [5.41, 5.74) is 8.24. The molecule has 0 unspecified atom stereocenters. The predicted molar refractivity (Wildman–Crippen MR) is 119 cm³/mol. The lowest BCUT2D eigenvalue weighted by Crippen LogP contribution is -2.14. The van der Waals surface area contributed by atoms with Gasteiger partial charge in [-0.2, -0.15) is 13.2 Å². The first-order chi connectivity index (χ1) is 16.1. The molecular formula is C23H16F3N7O. The maximum Gasteiger partial charge on any atom is 0.433 e. The number of hydrogen-bond donors (Lipinski definition) is 2. The van der Waals surface area contributed by atoms with E-state index in [0.717, 1.165) is 23.7 Å². The number of amides is 1. The molecule has 0 radical (unpaired) electrons. The van der Waals surface area contributed by atoms with Crippen LogP contribution in [0.4, 0.5) is 24.7 Å². The summed E-state index contributed by atoms with van der Waals surface area (Å²) >= 11 is 0. The van der Waals surface area contributed by atoms with Gasteiger partial charge in [0.2, 0.25) is 0 Å². The van der Waals surface area contributed by atoms with Crippen molar-refractivity contribution in [2.45, 2.75) is 20.0 Å². The number of pyridine rings is 3. The molecule has 8 nitrogen and oxygen atoms in total. The number of alkyl halides is 3. The molecule has 1 amide bonds. The van der Waals surface area contributed by atoms with Crippen LogP contribution in [0.2, 0.25) is 0 Å². The van der Waals surface area contributed by atoms with Crippen molar-refractivity contribution in [3.05, 3.63) is 76.8 Å². The van der Waals surface area contributed by atoms with Gasteiger partial charge in [-0.05, 0) is 32.0 Å². The third-order valence-corrected chi connectivity index (χ3v) is 4.79. The van der Waals surface area contributed by atoms with Gasteiger partial charge in [-0.3, -0.25) is 14.8 Å². The Labute approximate surface area is 191 Å². The Kier molecular flexibility index (Phi) is 5.81. The number of nitrogens with two attached hydrogens (primary N) is 1. The minimum atomic E-state index is -4.63. The fraction of sp³-hybridized carbons (Fsp3) is 0.130. The van der Waals surface area contributed by atoms with E-state index in [4.69, 9.17) is 5.73 Å². The van der Waals surface area contributed by atoms with E-state index in [2.05, 4.69) is 42.1 Å². The van der Waals surface area contributed by atoms with E-state index in [9.17, 15) is 18.0 Å². The van der Waals surface area contributed by atoms with Gasteiger partial charge in [0.05, 0.1) is 28.7 Å². The van der Waals surface area contributed by atoms with E-state index < -0.39 is 17.8 Å². The van der Waals surface area contributed by atoms with Gasteiger partial charge in [0.15, 0.2) is 0 Å². The molecule has 0 spiro atoms. The van der Waals surface area contributed by atoms with Crippen LogP contribution in [-0.4, -0.2) is 30.8 Å². The molecule has 0 atom stereocenters. The second-order valence-electron chi connectivity index (χ2n) is 7.24. The Morgan fingerprint density at radius 2 is 1.79 bits per heavy atom. The largest absolute Gasteiger partial charge is 0.433 e. The van der Waals surface area contributed by atoms with Crippen LogP contribution in [0, 0.1) is 25.7 Å². The number of carbonyl (C=O) groups is 1. The number of nitrogen functional groups attached to an aromatic ring is 1. The molecule has 0 aliphatic carbocycles. The van der Waals surface area contributed by atoms with Gasteiger partial charge in [-0.25, -0.2) is 15.0 Å². The summed E-state index contributed by atoms with van der Waals surface area (Å²) in [5.74, 6) is 5.32. The molecule has 0 saturated heterocycles. The summed E-state index contributed by atoms with van der Waals surface area (Å²) in [4.78, 5) is 32.9. The molecule has 3 N–H and O–H groups in total. The number of anilines is 2. The van der Waals surface area contributed by atoms with Crippen molar-refractivity contribution in [2.24, 2.45) is 0 Å². The molecular weight excluding hydrogens is 447 g/mol. The van der Waals surface area contributed by atoms with Crippen LogP contribution in [0.3, 0.4) is 0 Å². The summed E-state index contributed by atoms with van der Waals surface area (Å²) in [6.45, 7) is 3.66. The highest BCUT2D eigenvalue weighted by atomic mass is 19.4. The second kappa shape index (κ2) is 8.74. The number of hydrogen-bond acceptors (Lipinski definition) is 7. The van der Waals surface area contributed by atoms with Gasteiger partial charge in [-0.15, -0.1) is 0 Å². The Morgan fingerprint density at radius 1 is 1.03 bits per heavy atom. The molecule has 4 rings (SSSR count). The zero-order valence-electron chi connectivity index (χ0n) is 17.9. The van der Waals surface area contributed by atoms with Crippen LogP contribution in [0.25, 0.3) is 11.0 Å². The Balaban J connectivity index is 1.62. The van der Waals surface area contributed by atoms with Crippen LogP contribution in [0.1, 0.15) is 38.6 Å². The smallest absolute Gasteiger partial charge is 0.383 e. The van der Waals surface area contributed by atoms with Crippen molar-refractivity contribution in [1.82, 2.24) is 24.9 Å². The Hall–Kier alpha value is -4.59. The lowest BCUT2D eigenvalue weighted by molar-refractivity contribution is -0.141. The zero-order chi connectivity index (χ0) is 24.5. The van der Waals surface area contributed by atoms with E-state index in [1.165, 1.54) is 30.7 Å². The molecule has 0 aliphatic rings. The van der Waals surface area contributed by atoms with Crippen molar-refractivity contribution in [2.75, 3.05) is 11.1 Å². The molecule has 0 fully saturated rings. The third-order valence-electron chi connectivity index (χ3n) is 4.79. The summed E-state index contributed by atoms with van der Waals surface area (Å²) in [5, 5.41) is 2.40. The van der Waals surface area contributed by atoms with Crippen LogP contribution in [-0.2, 0) is 6.18 Å². The van der Waals surface area contributed by atoms with Crippen LogP contribution in [0.5, 0.6) is 0 Å². The monoisotopic (exact) mass is 463 g/mol. The van der Waals surface area contributed by atoms with Gasteiger partial charge < -0.3 is 11.1 Å². The maximum atomic E-state index is 12.9. The number of halogens is 3. The first kappa shape index (κ1) is 22.6. The molecule has 4 heterocycles. The van der Waals surface area contributed by atoms with Crippen LogP contribution < -0.4 is 11.1 Å². The van der Waals surface area contributed by atoms with E-state index in [1.807, 2.05) is 13.8 Å². The number of nitrogens with one attached hydrogen (secondary N) is 1.